The zero-order valence-corrected chi connectivity index (χ0v) is 9.15. The van der Waals surface area contributed by atoms with Crippen molar-refractivity contribution < 1.29 is 14.6 Å². The van der Waals surface area contributed by atoms with Gasteiger partial charge in [0.1, 0.15) is 11.4 Å². The highest BCUT2D eigenvalue weighted by atomic mass is 16.4. The summed E-state index contributed by atoms with van der Waals surface area (Å²) in [5.74, 6) is 5.86. The summed E-state index contributed by atoms with van der Waals surface area (Å²) in [6.07, 6.45) is 5.11. The van der Waals surface area contributed by atoms with Gasteiger partial charge in [-0.05, 0) is 37.8 Å². The van der Waals surface area contributed by atoms with Gasteiger partial charge >= 0.3 is 0 Å². The lowest BCUT2D eigenvalue weighted by molar-refractivity contribution is 0.0603. The van der Waals surface area contributed by atoms with Crippen LogP contribution in [0, 0.1) is 11.8 Å². The Hall–Kier alpha value is -1.24. The first kappa shape index (κ1) is 11.3. The van der Waals surface area contributed by atoms with Crippen LogP contribution < -0.4 is 0 Å². The maximum absolute atomic E-state index is 10.1. The highest BCUT2D eigenvalue weighted by Gasteiger charge is 2.26. The van der Waals surface area contributed by atoms with Gasteiger partial charge in [0, 0.05) is 0 Å². The van der Waals surface area contributed by atoms with E-state index in [1.807, 2.05) is 0 Å². The van der Waals surface area contributed by atoms with E-state index in [0.717, 1.165) is 19.3 Å². The van der Waals surface area contributed by atoms with Crippen molar-refractivity contribution in [2.75, 3.05) is 0 Å². The molecule has 0 amide bonds. The number of furan rings is 1. The Morgan fingerprint density at radius 3 is 2.69 bits per heavy atom. The van der Waals surface area contributed by atoms with Crippen molar-refractivity contribution in [1.29, 1.82) is 0 Å². The van der Waals surface area contributed by atoms with Crippen LogP contribution in [0.5, 0.6) is 0 Å². The highest BCUT2D eigenvalue weighted by Crippen LogP contribution is 2.27. The molecule has 1 atom stereocenters. The smallest absolute Gasteiger partial charge is 0.172 e. The van der Waals surface area contributed by atoms with E-state index < -0.39 is 11.7 Å². The Kier molecular flexibility index (Phi) is 3.33. The van der Waals surface area contributed by atoms with Crippen molar-refractivity contribution in [3.8, 4) is 11.8 Å². The molecule has 1 aliphatic carbocycles. The van der Waals surface area contributed by atoms with E-state index in [2.05, 4.69) is 11.8 Å². The number of aliphatic hydroxyl groups excluding tert-OH is 1. The van der Waals surface area contributed by atoms with Gasteiger partial charge in [-0.1, -0.05) is 18.3 Å². The average Bonchev–Trinajstić information content (AvgIpc) is 2.80. The van der Waals surface area contributed by atoms with Crippen LogP contribution in [0.2, 0.25) is 0 Å². The van der Waals surface area contributed by atoms with Crippen molar-refractivity contribution in [3.63, 3.8) is 0 Å². The Morgan fingerprint density at radius 1 is 1.31 bits per heavy atom. The number of hydrogen-bond acceptors (Lipinski definition) is 3. The van der Waals surface area contributed by atoms with Crippen LogP contribution in [-0.4, -0.2) is 15.8 Å². The van der Waals surface area contributed by atoms with Gasteiger partial charge in [0.2, 0.25) is 0 Å². The fourth-order valence-corrected chi connectivity index (χ4v) is 1.98. The number of hydrogen-bond donors (Lipinski definition) is 2. The summed E-state index contributed by atoms with van der Waals surface area (Å²) < 4.78 is 5.03. The Morgan fingerprint density at radius 2 is 2.06 bits per heavy atom. The van der Waals surface area contributed by atoms with Gasteiger partial charge in [0.25, 0.3) is 0 Å². The monoisotopic (exact) mass is 220 g/mol. The fraction of sp³-hybridized carbons (Fsp3) is 0.538. The molecule has 0 saturated heterocycles. The second-order valence-corrected chi connectivity index (χ2v) is 4.28. The standard InChI is InChI=1S/C13H16O3/c14-11(12-5-4-10-16-12)6-9-13(15)7-2-1-3-8-13/h4-5,10-11,14-15H,1-3,7-8H2/t11-/m1/s1. The van der Waals surface area contributed by atoms with Gasteiger partial charge in [0.05, 0.1) is 6.26 Å². The summed E-state index contributed by atoms with van der Waals surface area (Å²) in [7, 11) is 0. The molecule has 16 heavy (non-hydrogen) atoms. The molecule has 0 unspecified atom stereocenters. The number of aliphatic hydroxyl groups is 2. The van der Waals surface area contributed by atoms with Crippen LogP contribution in [0.25, 0.3) is 0 Å². The normalized spacial score (nSPS) is 20.9. The van der Waals surface area contributed by atoms with Gasteiger partial charge in [-0.2, -0.15) is 0 Å². The molecular formula is C13H16O3. The third-order valence-corrected chi connectivity index (χ3v) is 2.93. The van der Waals surface area contributed by atoms with Gasteiger partial charge in [-0.25, -0.2) is 0 Å². The zero-order valence-electron chi connectivity index (χ0n) is 9.15. The van der Waals surface area contributed by atoms with E-state index in [1.54, 1.807) is 12.1 Å². The molecule has 0 aromatic carbocycles. The van der Waals surface area contributed by atoms with E-state index in [9.17, 15) is 10.2 Å². The predicted molar refractivity (Wildman–Crippen MR) is 59.5 cm³/mol. The van der Waals surface area contributed by atoms with Crippen LogP contribution in [0.3, 0.4) is 0 Å². The topological polar surface area (TPSA) is 53.6 Å². The molecule has 0 aliphatic heterocycles. The molecule has 2 rings (SSSR count). The lowest BCUT2D eigenvalue weighted by Gasteiger charge is -2.26. The van der Waals surface area contributed by atoms with Crippen molar-refractivity contribution in [1.82, 2.24) is 0 Å². The molecule has 1 heterocycles. The largest absolute Gasteiger partial charge is 0.466 e. The molecule has 1 aliphatic rings. The summed E-state index contributed by atoms with van der Waals surface area (Å²) in [5.41, 5.74) is -0.911. The third kappa shape index (κ3) is 2.66. The van der Waals surface area contributed by atoms with Crippen molar-refractivity contribution in [2.24, 2.45) is 0 Å². The SMILES string of the molecule is O[C@H](C#CC1(O)CCCCC1)c1ccco1. The molecular weight excluding hydrogens is 204 g/mol. The lowest BCUT2D eigenvalue weighted by atomic mass is 9.85. The van der Waals surface area contributed by atoms with Crippen molar-refractivity contribution >= 4 is 0 Å². The van der Waals surface area contributed by atoms with Crippen molar-refractivity contribution in [3.05, 3.63) is 24.2 Å². The highest BCUT2D eigenvalue weighted by molar-refractivity contribution is 5.21. The summed E-state index contributed by atoms with van der Waals surface area (Å²) in [6, 6.07) is 3.37. The second-order valence-electron chi connectivity index (χ2n) is 4.28. The van der Waals surface area contributed by atoms with E-state index in [0.29, 0.717) is 18.6 Å². The summed E-state index contributed by atoms with van der Waals surface area (Å²) in [6.45, 7) is 0. The van der Waals surface area contributed by atoms with E-state index in [-0.39, 0.29) is 0 Å². The van der Waals surface area contributed by atoms with Crippen LogP contribution in [0.1, 0.15) is 44.0 Å². The van der Waals surface area contributed by atoms with Crippen molar-refractivity contribution in [2.45, 2.75) is 43.8 Å². The van der Waals surface area contributed by atoms with Gasteiger partial charge in [-0.15, -0.1) is 0 Å². The summed E-state index contributed by atoms with van der Waals surface area (Å²) in [4.78, 5) is 0. The third-order valence-electron chi connectivity index (χ3n) is 2.93. The maximum atomic E-state index is 10.1. The van der Waals surface area contributed by atoms with Crippen LogP contribution in [-0.2, 0) is 0 Å². The molecule has 86 valence electrons. The first-order valence-electron chi connectivity index (χ1n) is 5.66. The molecule has 0 spiro atoms. The van der Waals surface area contributed by atoms with Gasteiger partial charge in [0.15, 0.2) is 6.10 Å². The number of rotatable bonds is 1. The Balaban J connectivity index is 2.03. The lowest BCUT2D eigenvalue weighted by Crippen LogP contribution is -2.29. The minimum atomic E-state index is -0.944. The summed E-state index contributed by atoms with van der Waals surface area (Å²) in [5, 5.41) is 19.8. The average molecular weight is 220 g/mol. The molecule has 3 nitrogen and oxygen atoms in total. The van der Waals surface area contributed by atoms with E-state index in [4.69, 9.17) is 4.42 Å². The fourth-order valence-electron chi connectivity index (χ4n) is 1.98. The molecule has 2 N–H and O–H groups in total. The molecule has 1 fully saturated rings. The van der Waals surface area contributed by atoms with E-state index >= 15 is 0 Å². The molecule has 0 bridgehead atoms. The Bertz CT molecular complexity index is 377. The van der Waals surface area contributed by atoms with Crippen LogP contribution >= 0.6 is 0 Å². The minimum absolute atomic E-state index is 0.423. The van der Waals surface area contributed by atoms with Gasteiger partial charge < -0.3 is 14.6 Å². The van der Waals surface area contributed by atoms with Gasteiger partial charge in [-0.3, -0.25) is 0 Å². The van der Waals surface area contributed by atoms with E-state index in [1.165, 1.54) is 6.26 Å². The maximum Gasteiger partial charge on any atom is 0.172 e. The molecule has 1 aromatic heterocycles. The molecule has 0 radical (unpaired) electrons. The quantitative estimate of drug-likeness (QED) is 0.712. The molecule has 1 saturated carbocycles. The minimum Gasteiger partial charge on any atom is -0.466 e. The zero-order chi connectivity index (χ0) is 11.4. The first-order valence-corrected chi connectivity index (χ1v) is 5.66. The second kappa shape index (κ2) is 4.73. The van der Waals surface area contributed by atoms with Crippen LogP contribution in [0.4, 0.5) is 0 Å². The molecule has 3 heteroatoms. The van der Waals surface area contributed by atoms with Crippen LogP contribution in [0.15, 0.2) is 22.8 Å². The Labute approximate surface area is 95.1 Å². The predicted octanol–water partition coefficient (Wildman–Crippen LogP) is 2.01. The molecule has 1 aromatic rings. The first-order chi connectivity index (χ1) is 7.70. The summed E-state index contributed by atoms with van der Waals surface area (Å²) >= 11 is 0.